The lowest BCUT2D eigenvalue weighted by Gasteiger charge is -2.07. The number of methoxy groups -OCH3 is 1. The third-order valence-electron chi connectivity index (χ3n) is 3.20. The van der Waals surface area contributed by atoms with Crippen molar-refractivity contribution in [3.05, 3.63) is 47.2 Å². The van der Waals surface area contributed by atoms with E-state index in [1.54, 1.807) is 18.9 Å². The van der Waals surface area contributed by atoms with Gasteiger partial charge in [0.15, 0.2) is 4.77 Å². The van der Waals surface area contributed by atoms with Crippen molar-refractivity contribution in [2.45, 2.75) is 4.90 Å². The molecular weight excluding hydrogens is 288 g/mol. The van der Waals surface area contributed by atoms with Gasteiger partial charge in [-0.15, -0.1) is 11.8 Å². The Bertz CT molecular complexity index is 820. The third-order valence-corrected chi connectivity index (χ3v) is 4.21. The standard InChI is InChI=1S/C15H14N2OS2/c1-18-11-6-7-13-14(9-11)17(15(19)16-13)10-4-3-5-12(8-10)20-2/h3-9H,1-2H3,(H,16,19). The molecule has 3 rings (SSSR count). The maximum atomic E-state index is 5.45. The molecule has 0 fully saturated rings. The molecule has 1 N–H and O–H groups in total. The fraction of sp³-hybridized carbons (Fsp3) is 0.133. The lowest BCUT2D eigenvalue weighted by atomic mass is 10.2. The van der Waals surface area contributed by atoms with Crippen LogP contribution < -0.4 is 4.74 Å². The normalized spacial score (nSPS) is 10.9. The Morgan fingerprint density at radius 1 is 1.20 bits per heavy atom. The van der Waals surface area contributed by atoms with E-state index in [9.17, 15) is 0 Å². The summed E-state index contributed by atoms with van der Waals surface area (Å²) in [5, 5.41) is 0. The van der Waals surface area contributed by atoms with Crippen molar-refractivity contribution in [1.29, 1.82) is 0 Å². The number of hydrogen-bond acceptors (Lipinski definition) is 3. The summed E-state index contributed by atoms with van der Waals surface area (Å²) < 4.78 is 8.02. The van der Waals surface area contributed by atoms with Crippen LogP contribution in [0, 0.1) is 4.77 Å². The number of nitrogens with zero attached hydrogens (tertiary/aromatic N) is 1. The molecule has 0 radical (unpaired) electrons. The molecule has 1 aromatic heterocycles. The van der Waals surface area contributed by atoms with Gasteiger partial charge in [-0.1, -0.05) is 6.07 Å². The largest absolute Gasteiger partial charge is 0.497 e. The Morgan fingerprint density at radius 3 is 2.80 bits per heavy atom. The summed E-state index contributed by atoms with van der Waals surface area (Å²) in [6.45, 7) is 0. The van der Waals surface area contributed by atoms with Gasteiger partial charge in [-0.2, -0.15) is 0 Å². The first-order valence-electron chi connectivity index (χ1n) is 6.16. The minimum Gasteiger partial charge on any atom is -0.497 e. The van der Waals surface area contributed by atoms with Crippen molar-refractivity contribution >= 4 is 35.0 Å². The van der Waals surface area contributed by atoms with E-state index >= 15 is 0 Å². The summed E-state index contributed by atoms with van der Waals surface area (Å²) in [6.07, 6.45) is 2.07. The molecule has 2 aromatic carbocycles. The Hall–Kier alpha value is -1.72. The Morgan fingerprint density at radius 2 is 2.05 bits per heavy atom. The molecule has 3 aromatic rings. The average Bonchev–Trinajstić information content (AvgIpc) is 2.82. The topological polar surface area (TPSA) is 29.9 Å². The fourth-order valence-electron chi connectivity index (χ4n) is 2.22. The molecule has 0 aliphatic heterocycles. The number of hydrogen-bond donors (Lipinski definition) is 1. The fourth-order valence-corrected chi connectivity index (χ4v) is 2.98. The van der Waals surface area contributed by atoms with Gasteiger partial charge in [0.25, 0.3) is 0 Å². The monoisotopic (exact) mass is 302 g/mol. The van der Waals surface area contributed by atoms with E-state index in [-0.39, 0.29) is 0 Å². The van der Waals surface area contributed by atoms with E-state index in [1.807, 2.05) is 28.8 Å². The number of fused-ring (bicyclic) bond motifs is 1. The first-order valence-corrected chi connectivity index (χ1v) is 7.79. The van der Waals surface area contributed by atoms with E-state index < -0.39 is 0 Å². The maximum Gasteiger partial charge on any atom is 0.182 e. The van der Waals surface area contributed by atoms with Crippen molar-refractivity contribution in [2.24, 2.45) is 0 Å². The SMILES string of the molecule is COc1ccc2[nH]c(=S)n(-c3cccc(SC)c3)c2c1. The van der Waals surface area contributed by atoms with Crippen LogP contribution in [0.4, 0.5) is 0 Å². The van der Waals surface area contributed by atoms with Crippen molar-refractivity contribution in [2.75, 3.05) is 13.4 Å². The molecular formula is C15H14N2OS2. The number of imidazole rings is 1. The Balaban J connectivity index is 2.28. The molecule has 0 aliphatic carbocycles. The van der Waals surface area contributed by atoms with Crippen molar-refractivity contribution in [3.8, 4) is 11.4 Å². The summed E-state index contributed by atoms with van der Waals surface area (Å²) >= 11 is 7.17. The maximum absolute atomic E-state index is 5.45. The highest BCUT2D eigenvalue weighted by atomic mass is 32.2. The number of aromatic nitrogens is 2. The highest BCUT2D eigenvalue weighted by Gasteiger charge is 2.08. The summed E-state index contributed by atoms with van der Waals surface area (Å²) in [5.74, 6) is 0.821. The number of nitrogens with one attached hydrogen (secondary N) is 1. The minimum absolute atomic E-state index is 0.687. The van der Waals surface area contributed by atoms with Crippen LogP contribution in [0.2, 0.25) is 0 Å². The minimum atomic E-state index is 0.687. The Labute approximate surface area is 126 Å². The second kappa shape index (κ2) is 5.34. The second-order valence-corrected chi connectivity index (χ2v) is 5.62. The summed E-state index contributed by atoms with van der Waals surface area (Å²) in [6, 6.07) is 14.2. The molecule has 1 heterocycles. The van der Waals surface area contributed by atoms with E-state index in [0.717, 1.165) is 22.5 Å². The van der Waals surface area contributed by atoms with Crippen LogP contribution in [0.3, 0.4) is 0 Å². The number of ether oxygens (including phenoxy) is 1. The van der Waals surface area contributed by atoms with Crippen LogP contribution in [-0.4, -0.2) is 22.9 Å². The first kappa shape index (κ1) is 13.3. The highest BCUT2D eigenvalue weighted by molar-refractivity contribution is 7.98. The van der Waals surface area contributed by atoms with Gasteiger partial charge in [-0.25, -0.2) is 0 Å². The number of rotatable bonds is 3. The van der Waals surface area contributed by atoms with Crippen LogP contribution in [0.5, 0.6) is 5.75 Å². The molecule has 0 atom stereocenters. The van der Waals surface area contributed by atoms with E-state index in [0.29, 0.717) is 4.77 Å². The van der Waals surface area contributed by atoms with Gasteiger partial charge >= 0.3 is 0 Å². The molecule has 0 aliphatic rings. The van der Waals surface area contributed by atoms with Crippen molar-refractivity contribution < 1.29 is 4.74 Å². The van der Waals surface area contributed by atoms with Crippen LogP contribution in [-0.2, 0) is 0 Å². The number of aromatic amines is 1. The van der Waals surface area contributed by atoms with Gasteiger partial charge in [-0.3, -0.25) is 4.57 Å². The van der Waals surface area contributed by atoms with Crippen LogP contribution in [0.25, 0.3) is 16.7 Å². The first-order chi connectivity index (χ1) is 9.72. The van der Waals surface area contributed by atoms with Crippen LogP contribution >= 0.6 is 24.0 Å². The van der Waals surface area contributed by atoms with Gasteiger partial charge in [-0.05, 0) is 48.8 Å². The highest BCUT2D eigenvalue weighted by Crippen LogP contribution is 2.25. The zero-order valence-electron chi connectivity index (χ0n) is 11.2. The number of benzene rings is 2. The molecule has 0 amide bonds. The van der Waals surface area contributed by atoms with Crippen molar-refractivity contribution in [1.82, 2.24) is 9.55 Å². The molecule has 0 unspecified atom stereocenters. The van der Waals surface area contributed by atoms with Gasteiger partial charge in [0.2, 0.25) is 0 Å². The quantitative estimate of drug-likeness (QED) is 0.574. The van der Waals surface area contributed by atoms with Gasteiger partial charge in [0, 0.05) is 16.6 Å². The smallest absolute Gasteiger partial charge is 0.182 e. The lowest BCUT2D eigenvalue weighted by Crippen LogP contribution is -1.94. The number of H-pyrrole nitrogens is 1. The van der Waals surface area contributed by atoms with Gasteiger partial charge in [0.1, 0.15) is 5.75 Å². The summed E-state index contributed by atoms with van der Waals surface area (Å²) in [7, 11) is 1.67. The van der Waals surface area contributed by atoms with Gasteiger partial charge in [0.05, 0.1) is 18.1 Å². The molecule has 102 valence electrons. The van der Waals surface area contributed by atoms with E-state index in [4.69, 9.17) is 17.0 Å². The summed E-state index contributed by atoms with van der Waals surface area (Å²) in [5.41, 5.74) is 3.08. The van der Waals surface area contributed by atoms with Crippen LogP contribution in [0.1, 0.15) is 0 Å². The molecule has 0 spiro atoms. The lowest BCUT2D eigenvalue weighted by molar-refractivity contribution is 0.415. The Kier molecular flexibility index (Phi) is 3.54. The molecule has 0 bridgehead atoms. The molecule has 3 nitrogen and oxygen atoms in total. The van der Waals surface area contributed by atoms with E-state index in [2.05, 4.69) is 29.4 Å². The zero-order chi connectivity index (χ0) is 14.1. The second-order valence-electron chi connectivity index (χ2n) is 4.35. The number of thioether (sulfide) groups is 1. The molecule has 0 saturated carbocycles. The molecule has 20 heavy (non-hydrogen) atoms. The van der Waals surface area contributed by atoms with Crippen LogP contribution in [0.15, 0.2) is 47.4 Å². The van der Waals surface area contributed by atoms with Gasteiger partial charge < -0.3 is 9.72 Å². The predicted octanol–water partition coefficient (Wildman–Crippen LogP) is 4.42. The third kappa shape index (κ3) is 2.23. The molecule has 0 saturated heterocycles. The van der Waals surface area contributed by atoms with E-state index in [1.165, 1.54) is 4.90 Å². The predicted molar refractivity (Wildman–Crippen MR) is 86.8 cm³/mol. The summed E-state index contributed by atoms with van der Waals surface area (Å²) in [4.78, 5) is 4.44. The molecule has 5 heteroatoms. The van der Waals surface area contributed by atoms with Crippen molar-refractivity contribution in [3.63, 3.8) is 0 Å². The average molecular weight is 302 g/mol. The zero-order valence-corrected chi connectivity index (χ0v) is 12.8.